The maximum atomic E-state index is 14.1. The monoisotopic (exact) mass is 345 g/mol. The van der Waals surface area contributed by atoms with Crippen molar-refractivity contribution in [1.82, 2.24) is 4.90 Å². The second-order valence-electron chi connectivity index (χ2n) is 5.89. The van der Waals surface area contributed by atoms with Gasteiger partial charge in [-0.2, -0.15) is 0 Å². The van der Waals surface area contributed by atoms with E-state index in [1.54, 1.807) is 24.1 Å². The van der Waals surface area contributed by atoms with Gasteiger partial charge in [-0.05, 0) is 36.8 Å². The molecule has 1 amide bonds. The van der Waals surface area contributed by atoms with Crippen LogP contribution in [0.5, 0.6) is 11.5 Å². The summed E-state index contributed by atoms with van der Waals surface area (Å²) >= 11 is 0. The highest BCUT2D eigenvalue weighted by Gasteiger charge is 2.21. The maximum absolute atomic E-state index is 14.1. The van der Waals surface area contributed by atoms with Crippen LogP contribution in [0.2, 0.25) is 0 Å². The average Bonchev–Trinajstić information content (AvgIpc) is 3.07. The Bertz CT molecular complexity index is 778. The molecule has 0 N–H and O–H groups in total. The van der Waals surface area contributed by atoms with E-state index in [-0.39, 0.29) is 18.3 Å². The highest BCUT2D eigenvalue weighted by molar-refractivity contribution is 5.94. The van der Waals surface area contributed by atoms with Crippen molar-refractivity contribution in [2.24, 2.45) is 0 Å². The van der Waals surface area contributed by atoms with Gasteiger partial charge in [0.1, 0.15) is 5.82 Å². The molecule has 132 valence electrons. The van der Waals surface area contributed by atoms with Crippen LogP contribution in [-0.2, 0) is 11.3 Å². The van der Waals surface area contributed by atoms with Crippen molar-refractivity contribution in [2.45, 2.75) is 13.5 Å². The Labute approximate surface area is 145 Å². The molecule has 3 rings (SSSR count). The molecule has 0 fully saturated rings. The molecule has 0 saturated carbocycles. The fourth-order valence-corrected chi connectivity index (χ4v) is 2.69. The van der Waals surface area contributed by atoms with E-state index in [4.69, 9.17) is 14.2 Å². The Balaban J connectivity index is 1.83. The van der Waals surface area contributed by atoms with Gasteiger partial charge in [0.05, 0.1) is 12.2 Å². The molecular formula is C19H20FNO4. The van der Waals surface area contributed by atoms with Crippen molar-refractivity contribution in [3.8, 4) is 11.5 Å². The van der Waals surface area contributed by atoms with Crippen LogP contribution in [0.15, 0.2) is 36.4 Å². The van der Waals surface area contributed by atoms with Gasteiger partial charge in [0.25, 0.3) is 5.91 Å². The molecule has 0 bridgehead atoms. The van der Waals surface area contributed by atoms with Gasteiger partial charge in [-0.3, -0.25) is 4.79 Å². The summed E-state index contributed by atoms with van der Waals surface area (Å²) in [5, 5.41) is 0. The fourth-order valence-electron chi connectivity index (χ4n) is 2.69. The van der Waals surface area contributed by atoms with Crippen molar-refractivity contribution in [3.63, 3.8) is 0 Å². The smallest absolute Gasteiger partial charge is 0.257 e. The van der Waals surface area contributed by atoms with Crippen LogP contribution < -0.4 is 9.47 Å². The summed E-state index contributed by atoms with van der Waals surface area (Å²) in [5.74, 6) is 0.446. The topological polar surface area (TPSA) is 48.0 Å². The number of hydrogen-bond donors (Lipinski definition) is 0. The van der Waals surface area contributed by atoms with E-state index >= 15 is 0 Å². The van der Waals surface area contributed by atoms with E-state index in [0.29, 0.717) is 31.2 Å². The van der Waals surface area contributed by atoms with Crippen molar-refractivity contribution in [1.29, 1.82) is 0 Å². The van der Waals surface area contributed by atoms with Crippen molar-refractivity contribution < 1.29 is 23.4 Å². The number of fused-ring (bicyclic) bond motifs is 1. The first-order valence-electron chi connectivity index (χ1n) is 8.01. The van der Waals surface area contributed by atoms with E-state index in [2.05, 4.69) is 0 Å². The Kier molecular flexibility index (Phi) is 5.19. The third-order valence-electron chi connectivity index (χ3n) is 4.02. The molecule has 0 spiro atoms. The Morgan fingerprint density at radius 1 is 1.20 bits per heavy atom. The number of methoxy groups -OCH3 is 1. The number of ether oxygens (including phenoxy) is 3. The molecule has 0 unspecified atom stereocenters. The van der Waals surface area contributed by atoms with E-state index < -0.39 is 5.82 Å². The van der Waals surface area contributed by atoms with Crippen LogP contribution in [0, 0.1) is 12.7 Å². The highest BCUT2D eigenvalue weighted by atomic mass is 19.1. The summed E-state index contributed by atoms with van der Waals surface area (Å²) in [4.78, 5) is 14.4. The molecule has 2 aromatic rings. The molecule has 5 nitrogen and oxygen atoms in total. The molecular weight excluding hydrogens is 325 g/mol. The van der Waals surface area contributed by atoms with E-state index in [1.165, 1.54) is 6.07 Å². The van der Waals surface area contributed by atoms with Crippen LogP contribution in [0.1, 0.15) is 21.5 Å². The number of nitrogens with zero attached hydrogens (tertiary/aromatic N) is 1. The Hall–Kier alpha value is -2.60. The van der Waals surface area contributed by atoms with Gasteiger partial charge in [-0.1, -0.05) is 17.7 Å². The highest BCUT2D eigenvalue weighted by Crippen LogP contribution is 2.33. The van der Waals surface area contributed by atoms with Gasteiger partial charge in [-0.25, -0.2) is 4.39 Å². The Morgan fingerprint density at radius 2 is 2.00 bits per heavy atom. The molecule has 1 aliphatic heterocycles. The number of rotatable bonds is 6. The van der Waals surface area contributed by atoms with Crippen LogP contribution >= 0.6 is 0 Å². The standard InChI is InChI=1S/C19H20FNO4/c1-13-3-5-16(20)15(9-13)19(22)21(7-8-23-2)11-14-4-6-17-18(10-14)25-12-24-17/h3-6,9-10H,7-8,11-12H2,1-2H3. The number of carbonyl (C=O) groups is 1. The lowest BCUT2D eigenvalue weighted by Gasteiger charge is -2.23. The lowest BCUT2D eigenvalue weighted by molar-refractivity contribution is 0.0675. The van der Waals surface area contributed by atoms with Crippen LogP contribution in [0.4, 0.5) is 4.39 Å². The van der Waals surface area contributed by atoms with E-state index in [0.717, 1.165) is 11.1 Å². The second kappa shape index (κ2) is 7.53. The molecule has 0 aliphatic carbocycles. The van der Waals surface area contributed by atoms with Gasteiger partial charge in [0.15, 0.2) is 11.5 Å². The minimum atomic E-state index is -0.524. The summed E-state index contributed by atoms with van der Waals surface area (Å²) < 4.78 is 29.9. The first-order valence-corrected chi connectivity index (χ1v) is 8.01. The summed E-state index contributed by atoms with van der Waals surface area (Å²) in [5.41, 5.74) is 1.78. The fraction of sp³-hybridized carbons (Fsp3) is 0.316. The second-order valence-corrected chi connectivity index (χ2v) is 5.89. The van der Waals surface area contributed by atoms with E-state index in [1.807, 2.05) is 25.1 Å². The van der Waals surface area contributed by atoms with Crippen LogP contribution in [0.3, 0.4) is 0 Å². The first-order chi connectivity index (χ1) is 12.1. The zero-order chi connectivity index (χ0) is 17.8. The van der Waals surface area contributed by atoms with Crippen molar-refractivity contribution >= 4 is 5.91 Å². The summed E-state index contributed by atoms with van der Waals surface area (Å²) in [6, 6.07) is 10.0. The molecule has 0 aromatic heterocycles. The number of carbonyl (C=O) groups excluding carboxylic acids is 1. The first kappa shape index (κ1) is 17.2. The predicted molar refractivity (Wildman–Crippen MR) is 90.3 cm³/mol. The lowest BCUT2D eigenvalue weighted by atomic mass is 10.1. The van der Waals surface area contributed by atoms with E-state index in [9.17, 15) is 9.18 Å². The van der Waals surface area contributed by atoms with Gasteiger partial charge in [-0.15, -0.1) is 0 Å². The molecule has 0 atom stereocenters. The molecule has 1 aliphatic rings. The van der Waals surface area contributed by atoms with Crippen molar-refractivity contribution in [3.05, 3.63) is 58.9 Å². The molecule has 0 radical (unpaired) electrons. The summed E-state index contributed by atoms with van der Waals surface area (Å²) in [6.07, 6.45) is 0. The number of amides is 1. The minimum absolute atomic E-state index is 0.0665. The summed E-state index contributed by atoms with van der Waals surface area (Å²) in [7, 11) is 1.57. The normalized spacial score (nSPS) is 12.3. The Morgan fingerprint density at radius 3 is 2.80 bits per heavy atom. The van der Waals surface area contributed by atoms with Gasteiger partial charge in [0.2, 0.25) is 6.79 Å². The van der Waals surface area contributed by atoms with Gasteiger partial charge in [0, 0.05) is 20.2 Å². The zero-order valence-electron chi connectivity index (χ0n) is 14.3. The molecule has 0 saturated heterocycles. The maximum Gasteiger partial charge on any atom is 0.257 e. The molecule has 2 aromatic carbocycles. The molecule has 6 heteroatoms. The third kappa shape index (κ3) is 3.91. The predicted octanol–water partition coefficient (Wildman–Crippen LogP) is 3.15. The average molecular weight is 345 g/mol. The number of halogens is 1. The van der Waals surface area contributed by atoms with Crippen molar-refractivity contribution in [2.75, 3.05) is 27.1 Å². The van der Waals surface area contributed by atoms with Crippen LogP contribution in [0.25, 0.3) is 0 Å². The number of hydrogen-bond acceptors (Lipinski definition) is 4. The van der Waals surface area contributed by atoms with Gasteiger partial charge < -0.3 is 19.1 Å². The van der Waals surface area contributed by atoms with Gasteiger partial charge >= 0.3 is 0 Å². The lowest BCUT2D eigenvalue weighted by Crippen LogP contribution is -2.34. The van der Waals surface area contributed by atoms with Crippen LogP contribution in [-0.4, -0.2) is 37.9 Å². The largest absolute Gasteiger partial charge is 0.454 e. The SMILES string of the molecule is COCCN(Cc1ccc2c(c1)OCO2)C(=O)c1cc(C)ccc1F. The minimum Gasteiger partial charge on any atom is -0.454 e. The number of benzene rings is 2. The quantitative estimate of drug-likeness (QED) is 0.807. The zero-order valence-corrected chi connectivity index (χ0v) is 14.3. The molecule has 25 heavy (non-hydrogen) atoms. The summed E-state index contributed by atoms with van der Waals surface area (Å²) in [6.45, 7) is 3.07. The molecule has 1 heterocycles. The number of aryl methyl sites for hydroxylation is 1. The third-order valence-corrected chi connectivity index (χ3v) is 4.02.